The first-order valence-corrected chi connectivity index (χ1v) is 7.53. The van der Waals surface area contributed by atoms with Crippen molar-refractivity contribution in [1.29, 1.82) is 0 Å². The van der Waals surface area contributed by atoms with Crippen molar-refractivity contribution < 1.29 is 4.74 Å². The highest BCUT2D eigenvalue weighted by atomic mass is 127. The molecule has 0 aromatic carbocycles. The first kappa shape index (κ1) is 20.4. The summed E-state index contributed by atoms with van der Waals surface area (Å²) in [6.45, 7) is 7.01. The summed E-state index contributed by atoms with van der Waals surface area (Å²) in [5.74, 6) is 1.19. The smallest absolute Gasteiger partial charge is 0.189 e. The Balaban J connectivity index is 0.00000288. The molecule has 132 valence electrons. The van der Waals surface area contributed by atoms with Crippen LogP contribution in [-0.4, -0.2) is 40.5 Å². The van der Waals surface area contributed by atoms with Gasteiger partial charge in [-0.25, -0.2) is 14.7 Å². The second-order valence-corrected chi connectivity index (χ2v) is 5.57. The summed E-state index contributed by atoms with van der Waals surface area (Å²) in [5.41, 5.74) is 8.86. The first-order chi connectivity index (χ1) is 11.0. The summed E-state index contributed by atoms with van der Waals surface area (Å²) in [6, 6.07) is 6.05. The van der Waals surface area contributed by atoms with E-state index in [-0.39, 0.29) is 30.0 Å². The number of hydrogen-bond acceptors (Lipinski definition) is 4. The minimum atomic E-state index is 0. The van der Waals surface area contributed by atoms with Crippen LogP contribution in [0.4, 0.5) is 0 Å². The predicted molar refractivity (Wildman–Crippen MR) is 106 cm³/mol. The minimum Gasteiger partial charge on any atom is -0.383 e. The Labute approximate surface area is 159 Å². The van der Waals surface area contributed by atoms with Gasteiger partial charge in [0.15, 0.2) is 11.8 Å². The zero-order chi connectivity index (χ0) is 16.8. The van der Waals surface area contributed by atoms with Gasteiger partial charge in [-0.15, -0.1) is 24.0 Å². The van der Waals surface area contributed by atoms with Crippen molar-refractivity contribution in [3.05, 3.63) is 41.3 Å². The van der Waals surface area contributed by atoms with Crippen molar-refractivity contribution in [1.82, 2.24) is 20.1 Å². The highest BCUT2D eigenvalue weighted by Gasteiger charge is 2.05. The van der Waals surface area contributed by atoms with E-state index in [0.29, 0.717) is 19.1 Å². The fourth-order valence-corrected chi connectivity index (χ4v) is 2.26. The molecule has 0 bridgehead atoms. The summed E-state index contributed by atoms with van der Waals surface area (Å²) in [6.07, 6.45) is 1.79. The van der Waals surface area contributed by atoms with E-state index >= 15 is 0 Å². The van der Waals surface area contributed by atoms with E-state index in [9.17, 15) is 0 Å². The largest absolute Gasteiger partial charge is 0.383 e. The van der Waals surface area contributed by atoms with Crippen molar-refractivity contribution >= 4 is 29.9 Å². The molecule has 0 aliphatic rings. The van der Waals surface area contributed by atoms with Crippen LogP contribution in [0, 0.1) is 13.8 Å². The van der Waals surface area contributed by atoms with E-state index in [1.807, 2.05) is 43.7 Å². The lowest BCUT2D eigenvalue weighted by Crippen LogP contribution is -2.40. The van der Waals surface area contributed by atoms with Gasteiger partial charge in [0.2, 0.25) is 0 Å². The lowest BCUT2D eigenvalue weighted by molar-refractivity contribution is 0.179. The van der Waals surface area contributed by atoms with Crippen molar-refractivity contribution in [3.8, 4) is 5.82 Å². The van der Waals surface area contributed by atoms with Gasteiger partial charge in [-0.05, 0) is 38.5 Å². The average Bonchev–Trinajstić information content (AvgIpc) is 2.84. The fourth-order valence-electron chi connectivity index (χ4n) is 2.26. The number of nitrogens with two attached hydrogens (primary N) is 1. The number of rotatable bonds is 6. The molecule has 2 aromatic heterocycles. The van der Waals surface area contributed by atoms with E-state index in [2.05, 4.69) is 20.4 Å². The Bertz CT molecular complexity index is 668. The molecule has 0 amide bonds. The van der Waals surface area contributed by atoms with Gasteiger partial charge in [-0.1, -0.05) is 6.07 Å². The third-order valence-electron chi connectivity index (χ3n) is 3.28. The lowest BCUT2D eigenvalue weighted by Gasteiger charge is -2.13. The number of ether oxygens (including phenoxy) is 1. The molecule has 2 rings (SSSR count). The van der Waals surface area contributed by atoms with Gasteiger partial charge >= 0.3 is 0 Å². The lowest BCUT2D eigenvalue weighted by atomic mass is 10.3. The topological polar surface area (TPSA) is 90.3 Å². The molecular weight excluding hydrogens is 419 g/mol. The Morgan fingerprint density at radius 3 is 2.71 bits per heavy atom. The molecular formula is C16H25IN6O. The number of methoxy groups -OCH3 is 1. The van der Waals surface area contributed by atoms with Crippen LogP contribution in [0.25, 0.3) is 5.82 Å². The second-order valence-electron chi connectivity index (χ2n) is 5.57. The van der Waals surface area contributed by atoms with Crippen molar-refractivity contribution in [2.75, 3.05) is 13.7 Å². The molecule has 0 spiro atoms. The normalized spacial score (nSPS) is 12.6. The standard InChI is InChI=1S/C16H24N6O.HI/c1-11-7-13(3)22(21-11)15-6-5-14(8-18-15)9-19-16(17)20-12(2)10-23-4;/h5-8,12H,9-10H2,1-4H3,(H3,17,19,20);1H. The maximum absolute atomic E-state index is 5.85. The highest BCUT2D eigenvalue weighted by Crippen LogP contribution is 2.10. The molecule has 2 aromatic rings. The molecule has 1 atom stereocenters. The number of nitrogens with one attached hydrogen (secondary N) is 1. The van der Waals surface area contributed by atoms with E-state index in [0.717, 1.165) is 22.8 Å². The monoisotopic (exact) mass is 444 g/mol. The summed E-state index contributed by atoms with van der Waals surface area (Å²) in [5, 5.41) is 7.49. The van der Waals surface area contributed by atoms with E-state index < -0.39 is 0 Å². The number of halogens is 1. The Morgan fingerprint density at radius 2 is 2.17 bits per heavy atom. The molecule has 24 heavy (non-hydrogen) atoms. The summed E-state index contributed by atoms with van der Waals surface area (Å²) < 4.78 is 6.87. The Morgan fingerprint density at radius 1 is 1.42 bits per heavy atom. The number of nitrogens with zero attached hydrogens (tertiary/aromatic N) is 4. The second kappa shape index (κ2) is 9.58. The number of aliphatic imine (C=N–C) groups is 1. The molecule has 0 aliphatic carbocycles. The zero-order valence-electron chi connectivity index (χ0n) is 14.5. The van der Waals surface area contributed by atoms with Crippen LogP contribution in [-0.2, 0) is 11.3 Å². The number of pyridine rings is 1. The van der Waals surface area contributed by atoms with Crippen LogP contribution in [0.3, 0.4) is 0 Å². The molecule has 0 aliphatic heterocycles. The van der Waals surface area contributed by atoms with Crippen molar-refractivity contribution in [3.63, 3.8) is 0 Å². The molecule has 0 saturated heterocycles. The van der Waals surface area contributed by atoms with Crippen LogP contribution in [0.15, 0.2) is 29.4 Å². The molecule has 3 N–H and O–H groups in total. The van der Waals surface area contributed by atoms with Gasteiger partial charge in [0, 0.05) is 25.0 Å². The minimum absolute atomic E-state index is 0. The van der Waals surface area contributed by atoms with E-state index in [4.69, 9.17) is 10.5 Å². The molecule has 0 radical (unpaired) electrons. The van der Waals surface area contributed by atoms with Crippen molar-refractivity contribution in [2.45, 2.75) is 33.4 Å². The van der Waals surface area contributed by atoms with Gasteiger partial charge in [0.05, 0.1) is 18.8 Å². The number of aryl methyl sites for hydroxylation is 2. The van der Waals surface area contributed by atoms with Crippen LogP contribution < -0.4 is 11.1 Å². The number of guanidine groups is 1. The van der Waals surface area contributed by atoms with Crippen LogP contribution in [0.2, 0.25) is 0 Å². The highest BCUT2D eigenvalue weighted by molar-refractivity contribution is 14.0. The maximum Gasteiger partial charge on any atom is 0.189 e. The van der Waals surface area contributed by atoms with Crippen LogP contribution >= 0.6 is 24.0 Å². The van der Waals surface area contributed by atoms with E-state index in [1.165, 1.54) is 0 Å². The molecule has 0 fully saturated rings. The maximum atomic E-state index is 5.85. The molecule has 7 nitrogen and oxygen atoms in total. The van der Waals surface area contributed by atoms with Gasteiger partial charge < -0.3 is 15.8 Å². The van der Waals surface area contributed by atoms with Crippen LogP contribution in [0.1, 0.15) is 23.9 Å². The van der Waals surface area contributed by atoms with Crippen LogP contribution in [0.5, 0.6) is 0 Å². The Hall–Kier alpha value is -1.68. The quantitative estimate of drug-likeness (QED) is 0.404. The zero-order valence-corrected chi connectivity index (χ0v) is 16.8. The van der Waals surface area contributed by atoms with Gasteiger partial charge in [-0.3, -0.25) is 0 Å². The SMILES string of the molecule is COCC(C)NC(N)=NCc1ccc(-n2nc(C)cc2C)nc1.I. The molecule has 2 heterocycles. The fraction of sp³-hybridized carbons (Fsp3) is 0.438. The summed E-state index contributed by atoms with van der Waals surface area (Å²) in [7, 11) is 1.65. The van der Waals surface area contributed by atoms with Gasteiger partial charge in [-0.2, -0.15) is 5.10 Å². The van der Waals surface area contributed by atoms with E-state index in [1.54, 1.807) is 13.3 Å². The predicted octanol–water partition coefficient (Wildman–Crippen LogP) is 1.94. The average molecular weight is 444 g/mol. The molecule has 0 saturated carbocycles. The first-order valence-electron chi connectivity index (χ1n) is 7.53. The molecule has 1 unspecified atom stereocenters. The van der Waals surface area contributed by atoms with Gasteiger partial charge in [0.25, 0.3) is 0 Å². The van der Waals surface area contributed by atoms with Gasteiger partial charge in [0.1, 0.15) is 0 Å². The summed E-state index contributed by atoms with van der Waals surface area (Å²) in [4.78, 5) is 8.75. The third-order valence-corrected chi connectivity index (χ3v) is 3.28. The van der Waals surface area contributed by atoms with Crippen molar-refractivity contribution in [2.24, 2.45) is 10.7 Å². The Kier molecular flexibility index (Phi) is 8.13. The number of aromatic nitrogens is 3. The summed E-state index contributed by atoms with van der Waals surface area (Å²) >= 11 is 0. The third kappa shape index (κ3) is 5.75. The number of hydrogen-bond donors (Lipinski definition) is 2. The molecule has 8 heteroatoms.